The fourth-order valence-corrected chi connectivity index (χ4v) is 5.09. The van der Waals surface area contributed by atoms with Gasteiger partial charge in [-0.15, -0.1) is 0 Å². The SMILES string of the molecule is CCCCCCCCCCCn1cc[n+](CCCCCCCCCCC)c1CCCCCC. The van der Waals surface area contributed by atoms with Gasteiger partial charge in [0.2, 0.25) is 0 Å². The zero-order valence-electron chi connectivity index (χ0n) is 23.2. The summed E-state index contributed by atoms with van der Waals surface area (Å²) in [5, 5.41) is 0. The van der Waals surface area contributed by atoms with Crippen molar-refractivity contribution in [2.24, 2.45) is 0 Å². The van der Waals surface area contributed by atoms with Crippen LogP contribution in [0.15, 0.2) is 12.4 Å². The number of nitrogens with zero attached hydrogens (tertiary/aromatic N) is 2. The van der Waals surface area contributed by atoms with E-state index in [9.17, 15) is 0 Å². The monoisotopic (exact) mass is 461 g/mol. The Hall–Kier alpha value is -0.790. The Bertz CT molecular complexity index is 479. The molecule has 2 heteroatoms. The maximum atomic E-state index is 2.60. The van der Waals surface area contributed by atoms with E-state index in [0.717, 1.165) is 0 Å². The first-order valence-electron chi connectivity index (χ1n) is 15.4. The fourth-order valence-electron chi connectivity index (χ4n) is 5.09. The first kappa shape index (κ1) is 30.2. The van der Waals surface area contributed by atoms with Crippen molar-refractivity contribution in [3.63, 3.8) is 0 Å². The van der Waals surface area contributed by atoms with Gasteiger partial charge >= 0.3 is 0 Å². The maximum Gasteiger partial charge on any atom is 0.256 e. The molecule has 0 saturated carbocycles. The summed E-state index contributed by atoms with van der Waals surface area (Å²) in [5.41, 5.74) is 0. The van der Waals surface area contributed by atoms with E-state index < -0.39 is 0 Å². The molecule has 0 unspecified atom stereocenters. The van der Waals surface area contributed by atoms with Crippen molar-refractivity contribution < 1.29 is 4.57 Å². The highest BCUT2D eigenvalue weighted by Crippen LogP contribution is 2.13. The number of imidazole rings is 1. The molecule has 0 aliphatic rings. The second kappa shape index (κ2) is 23.0. The molecule has 0 N–H and O–H groups in total. The van der Waals surface area contributed by atoms with E-state index in [1.807, 2.05) is 0 Å². The van der Waals surface area contributed by atoms with Crippen molar-refractivity contribution in [3.05, 3.63) is 18.2 Å². The van der Waals surface area contributed by atoms with Gasteiger partial charge in [-0.25, -0.2) is 9.13 Å². The fraction of sp³-hybridized carbons (Fsp3) is 0.903. The largest absolute Gasteiger partial charge is 0.256 e. The lowest BCUT2D eigenvalue weighted by Gasteiger charge is -2.07. The minimum absolute atomic E-state index is 1.23. The Labute approximate surface area is 208 Å². The van der Waals surface area contributed by atoms with Crippen LogP contribution in [0.25, 0.3) is 0 Å². The molecule has 33 heavy (non-hydrogen) atoms. The molecular weight excluding hydrogens is 400 g/mol. The molecule has 0 aliphatic carbocycles. The van der Waals surface area contributed by atoms with Gasteiger partial charge in [0.25, 0.3) is 5.82 Å². The van der Waals surface area contributed by atoms with Crippen LogP contribution in [0.1, 0.15) is 168 Å². The molecule has 1 aromatic rings. The van der Waals surface area contributed by atoms with E-state index in [1.54, 1.807) is 5.82 Å². The average Bonchev–Trinajstić information content (AvgIpc) is 3.21. The van der Waals surface area contributed by atoms with E-state index in [1.165, 1.54) is 161 Å². The van der Waals surface area contributed by atoms with E-state index in [0.29, 0.717) is 0 Å². The third kappa shape index (κ3) is 16.5. The molecule has 1 aromatic heterocycles. The number of aromatic nitrogens is 2. The van der Waals surface area contributed by atoms with E-state index in [2.05, 4.69) is 42.3 Å². The van der Waals surface area contributed by atoms with Crippen molar-refractivity contribution in [2.45, 2.75) is 182 Å². The maximum absolute atomic E-state index is 2.60. The Kier molecular flexibility index (Phi) is 21.1. The van der Waals surface area contributed by atoms with Crippen molar-refractivity contribution in [1.82, 2.24) is 4.57 Å². The Morgan fingerprint density at radius 3 is 1.45 bits per heavy atom. The summed E-state index contributed by atoms with van der Waals surface area (Å²) in [6, 6.07) is 0. The minimum atomic E-state index is 1.23. The van der Waals surface area contributed by atoms with E-state index >= 15 is 0 Å². The molecule has 0 amide bonds. The molecule has 194 valence electrons. The first-order valence-corrected chi connectivity index (χ1v) is 15.4. The Morgan fingerprint density at radius 2 is 0.939 bits per heavy atom. The summed E-state index contributed by atoms with van der Waals surface area (Å²) in [5.74, 6) is 1.60. The second-order valence-corrected chi connectivity index (χ2v) is 10.6. The van der Waals surface area contributed by atoms with Gasteiger partial charge in [0.1, 0.15) is 12.4 Å². The summed E-state index contributed by atoms with van der Waals surface area (Å²) < 4.78 is 5.20. The summed E-state index contributed by atoms with van der Waals surface area (Å²) in [6.07, 6.45) is 37.0. The summed E-state index contributed by atoms with van der Waals surface area (Å²) >= 11 is 0. The quantitative estimate of drug-likeness (QED) is 0.101. The summed E-state index contributed by atoms with van der Waals surface area (Å²) in [4.78, 5) is 0. The zero-order valence-corrected chi connectivity index (χ0v) is 23.2. The number of rotatable bonds is 25. The Morgan fingerprint density at radius 1 is 0.515 bits per heavy atom. The molecule has 2 nitrogen and oxygen atoms in total. The van der Waals surface area contributed by atoms with Crippen LogP contribution in [-0.4, -0.2) is 4.57 Å². The molecule has 0 atom stereocenters. The van der Waals surface area contributed by atoms with Crippen LogP contribution in [0.3, 0.4) is 0 Å². The van der Waals surface area contributed by atoms with Gasteiger partial charge in [0.15, 0.2) is 0 Å². The van der Waals surface area contributed by atoms with Crippen LogP contribution in [0, 0.1) is 0 Å². The van der Waals surface area contributed by atoms with Crippen molar-refractivity contribution in [1.29, 1.82) is 0 Å². The zero-order chi connectivity index (χ0) is 23.8. The van der Waals surface area contributed by atoms with Crippen LogP contribution in [0.4, 0.5) is 0 Å². The molecule has 1 rings (SSSR count). The van der Waals surface area contributed by atoms with Crippen molar-refractivity contribution in [3.8, 4) is 0 Å². The summed E-state index contributed by atoms with van der Waals surface area (Å²) in [6.45, 7) is 9.38. The van der Waals surface area contributed by atoms with Gasteiger partial charge in [-0.1, -0.05) is 130 Å². The molecule has 0 aliphatic heterocycles. The van der Waals surface area contributed by atoms with Crippen molar-refractivity contribution in [2.75, 3.05) is 0 Å². The van der Waals surface area contributed by atoms with Gasteiger partial charge in [0.05, 0.1) is 13.1 Å². The molecule has 1 heterocycles. The number of hydrogen-bond acceptors (Lipinski definition) is 0. The number of hydrogen-bond donors (Lipinski definition) is 0. The van der Waals surface area contributed by atoms with Crippen LogP contribution >= 0.6 is 0 Å². The lowest BCUT2D eigenvalue weighted by molar-refractivity contribution is -0.704. The molecule has 0 bridgehead atoms. The molecular formula is C31H61N2+. The number of unbranched alkanes of at least 4 members (excludes halogenated alkanes) is 19. The predicted octanol–water partition coefficient (Wildman–Crippen LogP) is 9.96. The smallest absolute Gasteiger partial charge is 0.234 e. The molecule has 0 saturated heterocycles. The third-order valence-corrected chi connectivity index (χ3v) is 7.35. The molecule has 0 fully saturated rings. The van der Waals surface area contributed by atoms with Gasteiger partial charge in [-0.3, -0.25) is 0 Å². The molecule has 0 radical (unpaired) electrons. The average molecular weight is 462 g/mol. The highest BCUT2D eigenvalue weighted by atomic mass is 15.1. The standard InChI is InChI=1S/C31H61N2/c1-4-7-10-13-15-17-19-21-24-27-32-29-30-33(31(32)26-23-12-9-6-3)28-25-22-20-18-16-14-11-8-5-2/h29-30H,4-28H2,1-3H3/q+1. The van der Waals surface area contributed by atoms with Gasteiger partial charge in [0, 0.05) is 6.42 Å². The van der Waals surface area contributed by atoms with Crippen LogP contribution in [-0.2, 0) is 19.5 Å². The predicted molar refractivity (Wildman–Crippen MR) is 147 cm³/mol. The van der Waals surface area contributed by atoms with Gasteiger partial charge in [-0.05, 0) is 32.1 Å². The topological polar surface area (TPSA) is 8.81 Å². The second-order valence-electron chi connectivity index (χ2n) is 10.6. The molecule has 0 spiro atoms. The van der Waals surface area contributed by atoms with Crippen LogP contribution in [0.2, 0.25) is 0 Å². The van der Waals surface area contributed by atoms with Crippen LogP contribution in [0.5, 0.6) is 0 Å². The Balaban J connectivity index is 2.30. The van der Waals surface area contributed by atoms with Gasteiger partial charge in [-0.2, -0.15) is 0 Å². The normalized spacial score (nSPS) is 11.5. The third-order valence-electron chi connectivity index (χ3n) is 7.35. The lowest BCUT2D eigenvalue weighted by Crippen LogP contribution is -2.37. The highest BCUT2D eigenvalue weighted by Gasteiger charge is 2.16. The van der Waals surface area contributed by atoms with Crippen molar-refractivity contribution >= 4 is 0 Å². The van der Waals surface area contributed by atoms with Gasteiger partial charge < -0.3 is 0 Å². The van der Waals surface area contributed by atoms with E-state index in [4.69, 9.17) is 0 Å². The highest BCUT2D eigenvalue weighted by molar-refractivity contribution is 4.84. The van der Waals surface area contributed by atoms with Crippen LogP contribution < -0.4 is 4.57 Å². The van der Waals surface area contributed by atoms with E-state index in [-0.39, 0.29) is 0 Å². The summed E-state index contributed by atoms with van der Waals surface area (Å²) in [7, 11) is 0. The molecule has 0 aromatic carbocycles. The first-order chi connectivity index (χ1) is 16.3. The lowest BCUT2D eigenvalue weighted by atomic mass is 10.1. The number of aryl methyl sites for hydroxylation is 2. The minimum Gasteiger partial charge on any atom is -0.234 e.